The zero-order valence-electron chi connectivity index (χ0n) is 13.7. The van der Waals surface area contributed by atoms with Crippen LogP contribution in [0.3, 0.4) is 0 Å². The van der Waals surface area contributed by atoms with Crippen molar-refractivity contribution < 1.29 is 4.39 Å². The lowest BCUT2D eigenvalue weighted by molar-refractivity contribution is 0.428. The molecular formula is C18H29FN2. The van der Waals surface area contributed by atoms with Gasteiger partial charge in [0.25, 0.3) is 0 Å². The Balaban J connectivity index is 2.18. The Kier molecular flexibility index (Phi) is 6.04. The van der Waals surface area contributed by atoms with Gasteiger partial charge in [0.1, 0.15) is 5.82 Å². The van der Waals surface area contributed by atoms with E-state index < -0.39 is 0 Å². The predicted molar refractivity (Wildman–Crippen MR) is 88.4 cm³/mol. The Hall–Kier alpha value is -1.09. The molecule has 1 heterocycles. The largest absolute Gasteiger partial charge is 0.366 e. The summed E-state index contributed by atoms with van der Waals surface area (Å²) in [5, 5.41) is 3.34. The summed E-state index contributed by atoms with van der Waals surface area (Å²) in [7, 11) is 0. The van der Waals surface area contributed by atoms with Crippen LogP contribution in [-0.4, -0.2) is 19.1 Å². The molecule has 1 aromatic rings. The first-order valence-electron chi connectivity index (χ1n) is 8.46. The molecule has 21 heavy (non-hydrogen) atoms. The zero-order chi connectivity index (χ0) is 15.2. The minimum absolute atomic E-state index is 0.0692. The first-order valence-corrected chi connectivity index (χ1v) is 8.46. The summed E-state index contributed by atoms with van der Waals surface area (Å²) in [5.41, 5.74) is 1.82. The van der Waals surface area contributed by atoms with E-state index in [0.717, 1.165) is 30.8 Å². The van der Waals surface area contributed by atoms with E-state index in [9.17, 15) is 4.39 Å². The quantitative estimate of drug-likeness (QED) is 0.820. The van der Waals surface area contributed by atoms with Crippen LogP contribution < -0.4 is 10.2 Å². The summed E-state index contributed by atoms with van der Waals surface area (Å²) in [5.74, 6) is -0.0692. The number of rotatable bonds is 6. The van der Waals surface area contributed by atoms with E-state index in [1.807, 2.05) is 6.07 Å². The van der Waals surface area contributed by atoms with Crippen molar-refractivity contribution in [3.05, 3.63) is 29.6 Å². The number of hydrogen-bond acceptors (Lipinski definition) is 2. The number of nitrogens with zero attached hydrogens (tertiary/aromatic N) is 1. The SMILES string of the molecule is CCCC1CCCCN1c1ccc(C(C)NCC)cc1F. The molecule has 118 valence electrons. The van der Waals surface area contributed by atoms with Crippen molar-refractivity contribution in [1.29, 1.82) is 0 Å². The molecule has 3 heteroatoms. The molecule has 2 unspecified atom stereocenters. The highest BCUT2D eigenvalue weighted by Gasteiger charge is 2.24. The minimum Gasteiger partial charge on any atom is -0.366 e. The standard InChI is InChI=1S/C18H29FN2/c1-4-8-16-9-6-7-12-21(16)18-11-10-15(13-17(18)19)14(3)20-5-2/h10-11,13-14,16,20H,4-9,12H2,1-3H3. The van der Waals surface area contributed by atoms with E-state index >= 15 is 0 Å². The first kappa shape index (κ1) is 16.3. The van der Waals surface area contributed by atoms with Gasteiger partial charge in [-0.05, 0) is 56.8 Å². The van der Waals surface area contributed by atoms with Crippen LogP contribution in [0.1, 0.15) is 64.5 Å². The van der Waals surface area contributed by atoms with Gasteiger partial charge in [-0.15, -0.1) is 0 Å². The van der Waals surface area contributed by atoms with Gasteiger partial charge in [0.05, 0.1) is 5.69 Å². The van der Waals surface area contributed by atoms with Gasteiger partial charge in [-0.25, -0.2) is 4.39 Å². The van der Waals surface area contributed by atoms with Gasteiger partial charge in [0.15, 0.2) is 0 Å². The monoisotopic (exact) mass is 292 g/mol. The maximum Gasteiger partial charge on any atom is 0.146 e. The lowest BCUT2D eigenvalue weighted by atomic mass is 9.97. The molecule has 1 aliphatic rings. The van der Waals surface area contributed by atoms with E-state index in [4.69, 9.17) is 0 Å². The molecule has 0 bridgehead atoms. The van der Waals surface area contributed by atoms with Gasteiger partial charge in [0, 0.05) is 18.6 Å². The summed E-state index contributed by atoms with van der Waals surface area (Å²) in [6.45, 7) is 8.26. The number of halogens is 1. The van der Waals surface area contributed by atoms with E-state index in [1.54, 1.807) is 6.07 Å². The molecule has 0 aliphatic carbocycles. The smallest absolute Gasteiger partial charge is 0.146 e. The number of benzene rings is 1. The number of anilines is 1. The summed E-state index contributed by atoms with van der Waals surface area (Å²) in [4.78, 5) is 2.30. The second-order valence-corrected chi connectivity index (χ2v) is 6.12. The summed E-state index contributed by atoms with van der Waals surface area (Å²) >= 11 is 0. The minimum atomic E-state index is -0.0692. The van der Waals surface area contributed by atoms with E-state index in [0.29, 0.717) is 6.04 Å². The van der Waals surface area contributed by atoms with E-state index in [2.05, 4.69) is 37.1 Å². The average molecular weight is 292 g/mol. The first-order chi connectivity index (χ1) is 10.2. The molecular weight excluding hydrogens is 263 g/mol. The lowest BCUT2D eigenvalue weighted by Crippen LogP contribution is -2.40. The molecule has 1 N–H and O–H groups in total. The Morgan fingerprint density at radius 1 is 1.33 bits per heavy atom. The maximum absolute atomic E-state index is 14.6. The van der Waals surface area contributed by atoms with Crippen LogP contribution in [0.15, 0.2) is 18.2 Å². The van der Waals surface area contributed by atoms with Crippen LogP contribution in [0, 0.1) is 5.82 Å². The van der Waals surface area contributed by atoms with Crippen LogP contribution in [-0.2, 0) is 0 Å². The van der Waals surface area contributed by atoms with E-state index in [1.165, 1.54) is 25.7 Å². The highest BCUT2D eigenvalue weighted by Crippen LogP contribution is 2.30. The third kappa shape index (κ3) is 3.97. The van der Waals surface area contributed by atoms with Crippen LogP contribution in [0.2, 0.25) is 0 Å². The molecule has 1 aromatic carbocycles. The van der Waals surface area contributed by atoms with Crippen molar-refractivity contribution in [2.24, 2.45) is 0 Å². The second kappa shape index (κ2) is 7.79. The molecule has 2 rings (SSSR count). The normalized spacial score (nSPS) is 20.6. The van der Waals surface area contributed by atoms with Crippen molar-refractivity contribution >= 4 is 5.69 Å². The molecule has 0 aromatic heterocycles. The summed E-state index contributed by atoms with van der Waals surface area (Å²) in [6, 6.07) is 6.47. The molecule has 2 nitrogen and oxygen atoms in total. The lowest BCUT2D eigenvalue weighted by Gasteiger charge is -2.38. The summed E-state index contributed by atoms with van der Waals surface area (Å²) < 4.78 is 14.6. The van der Waals surface area contributed by atoms with Gasteiger partial charge in [-0.2, -0.15) is 0 Å². The second-order valence-electron chi connectivity index (χ2n) is 6.12. The molecule has 0 saturated carbocycles. The zero-order valence-corrected chi connectivity index (χ0v) is 13.7. The van der Waals surface area contributed by atoms with Crippen LogP contribution in [0.5, 0.6) is 0 Å². The van der Waals surface area contributed by atoms with Crippen LogP contribution in [0.25, 0.3) is 0 Å². The molecule has 1 saturated heterocycles. The fourth-order valence-electron chi connectivity index (χ4n) is 3.40. The Bertz CT molecular complexity index is 445. The van der Waals surface area contributed by atoms with Crippen molar-refractivity contribution in [3.63, 3.8) is 0 Å². The van der Waals surface area contributed by atoms with Gasteiger partial charge >= 0.3 is 0 Å². The topological polar surface area (TPSA) is 15.3 Å². The average Bonchev–Trinajstić information content (AvgIpc) is 2.48. The van der Waals surface area contributed by atoms with Crippen molar-refractivity contribution in [2.75, 3.05) is 18.0 Å². The van der Waals surface area contributed by atoms with Crippen LogP contribution in [0.4, 0.5) is 10.1 Å². The maximum atomic E-state index is 14.6. The molecule has 0 radical (unpaired) electrons. The predicted octanol–water partition coefficient (Wildman–Crippen LogP) is 4.66. The highest BCUT2D eigenvalue weighted by molar-refractivity contribution is 5.51. The number of hydrogen-bond donors (Lipinski definition) is 1. The fraction of sp³-hybridized carbons (Fsp3) is 0.667. The Morgan fingerprint density at radius 2 is 2.14 bits per heavy atom. The van der Waals surface area contributed by atoms with Gasteiger partial charge in [0.2, 0.25) is 0 Å². The molecule has 1 aliphatic heterocycles. The number of piperidine rings is 1. The van der Waals surface area contributed by atoms with Gasteiger partial charge < -0.3 is 10.2 Å². The highest BCUT2D eigenvalue weighted by atomic mass is 19.1. The molecule has 0 amide bonds. The number of nitrogens with one attached hydrogen (secondary N) is 1. The molecule has 1 fully saturated rings. The van der Waals surface area contributed by atoms with Crippen LogP contribution >= 0.6 is 0 Å². The van der Waals surface area contributed by atoms with Crippen molar-refractivity contribution in [3.8, 4) is 0 Å². The molecule has 0 spiro atoms. The van der Waals surface area contributed by atoms with Crippen molar-refractivity contribution in [2.45, 2.75) is 65.0 Å². The Morgan fingerprint density at radius 3 is 2.81 bits per heavy atom. The Labute approximate surface area is 128 Å². The van der Waals surface area contributed by atoms with Gasteiger partial charge in [-0.1, -0.05) is 26.3 Å². The van der Waals surface area contributed by atoms with Gasteiger partial charge in [-0.3, -0.25) is 0 Å². The van der Waals surface area contributed by atoms with Crippen molar-refractivity contribution in [1.82, 2.24) is 5.32 Å². The van der Waals surface area contributed by atoms with E-state index in [-0.39, 0.29) is 11.9 Å². The third-order valence-corrected chi connectivity index (χ3v) is 4.54. The molecule has 2 atom stereocenters. The fourth-order valence-corrected chi connectivity index (χ4v) is 3.40. The third-order valence-electron chi connectivity index (χ3n) is 4.54. The summed E-state index contributed by atoms with van der Waals surface area (Å²) in [6.07, 6.45) is 5.98.